The highest BCUT2D eigenvalue weighted by atomic mass is 35.5. The van der Waals surface area contributed by atoms with Gasteiger partial charge in [-0.05, 0) is 6.07 Å². The highest BCUT2D eigenvalue weighted by molar-refractivity contribution is 5.55. The van der Waals surface area contributed by atoms with Crippen LogP contribution < -0.4 is 58.3 Å². The Balaban J connectivity index is 0.00000289. The molecule has 0 amide bonds. The first-order valence-corrected chi connectivity index (χ1v) is 10.7. The van der Waals surface area contributed by atoms with Gasteiger partial charge in [0.2, 0.25) is 5.75 Å². The number of aliphatic hydroxyl groups excluding tert-OH is 1. The molecule has 4 N–H and O–H groups in total. The summed E-state index contributed by atoms with van der Waals surface area (Å²) in [5.74, 6) is 2.95. The number of hydrogen-bond donors (Lipinski definition) is 4. The number of rotatable bonds is 10. The molecule has 1 saturated heterocycles. The Morgan fingerprint density at radius 3 is 1.94 bits per heavy atom. The van der Waals surface area contributed by atoms with E-state index in [9.17, 15) is 10.2 Å². The van der Waals surface area contributed by atoms with Crippen LogP contribution in [0, 0.1) is 0 Å². The van der Waals surface area contributed by atoms with Crippen molar-refractivity contribution in [3.05, 3.63) is 30.3 Å². The summed E-state index contributed by atoms with van der Waals surface area (Å²) >= 11 is 0. The number of piperazine rings is 1. The summed E-state index contributed by atoms with van der Waals surface area (Å²) in [4.78, 5) is 2.64. The topological polar surface area (TPSA) is 95.5 Å². The Kier molecular flexibility index (Phi) is 12.4. The van der Waals surface area contributed by atoms with Crippen molar-refractivity contribution >= 4 is 5.69 Å². The van der Waals surface area contributed by atoms with Crippen LogP contribution in [-0.4, -0.2) is 84.1 Å². The molecular weight excluding hydrogens is 487 g/mol. The molecule has 1 atom stereocenters. The Bertz CT molecular complexity index is 871. The first-order chi connectivity index (χ1) is 15.5. The number of methoxy groups -OCH3 is 4. The van der Waals surface area contributed by atoms with Gasteiger partial charge in [-0.25, -0.2) is 0 Å². The van der Waals surface area contributed by atoms with E-state index >= 15 is 0 Å². The van der Waals surface area contributed by atoms with E-state index in [-0.39, 0.29) is 37.2 Å². The third kappa shape index (κ3) is 7.35. The number of aromatic hydroxyl groups is 1. The number of ether oxygens (including phenoxy) is 5. The lowest BCUT2D eigenvalue weighted by Crippen LogP contribution is -3.26. The summed E-state index contributed by atoms with van der Waals surface area (Å²) in [5.41, 5.74) is 1.05. The minimum atomic E-state index is -0.603. The van der Waals surface area contributed by atoms with E-state index in [1.54, 1.807) is 52.7 Å². The minimum Gasteiger partial charge on any atom is -1.00 e. The Hall–Kier alpha value is -2.30. The number of phenolic OH excluding ortho intramolecular Hbond substituents is 1. The van der Waals surface area contributed by atoms with Crippen molar-refractivity contribution in [3.63, 3.8) is 0 Å². The van der Waals surface area contributed by atoms with Gasteiger partial charge in [-0.2, -0.15) is 0 Å². The fourth-order valence-electron chi connectivity index (χ4n) is 4.08. The lowest BCUT2D eigenvalue weighted by atomic mass is 10.2. The lowest BCUT2D eigenvalue weighted by molar-refractivity contribution is -0.988. The third-order valence-electron chi connectivity index (χ3n) is 5.73. The molecule has 2 aromatic rings. The molecule has 34 heavy (non-hydrogen) atoms. The number of aliphatic hydroxyl groups is 1. The van der Waals surface area contributed by atoms with Crippen LogP contribution in [0.25, 0.3) is 0 Å². The zero-order valence-electron chi connectivity index (χ0n) is 19.9. The molecule has 192 valence electrons. The predicted molar refractivity (Wildman–Crippen MR) is 118 cm³/mol. The maximum atomic E-state index is 10.5. The van der Waals surface area contributed by atoms with Crippen molar-refractivity contribution in [2.45, 2.75) is 6.10 Å². The van der Waals surface area contributed by atoms with Gasteiger partial charge in [0.15, 0.2) is 22.9 Å². The van der Waals surface area contributed by atoms with Crippen LogP contribution in [0.15, 0.2) is 30.3 Å². The second kappa shape index (κ2) is 14.2. The molecule has 2 aromatic carbocycles. The first kappa shape index (κ1) is 29.7. The molecule has 0 radical (unpaired) electrons. The van der Waals surface area contributed by atoms with Crippen molar-refractivity contribution in [2.75, 3.05) is 67.8 Å². The summed E-state index contributed by atoms with van der Waals surface area (Å²) in [5, 5.41) is 20.2. The highest BCUT2D eigenvalue weighted by Gasteiger charge is 2.28. The standard InChI is InChI=1S/C23H32N2O7.2ClH/c1-28-20-11-16(26)5-6-19(20)25-9-7-24(8-10-25)14-17(27)15-32-18-12-21(29-2)23(31-4)22(13-18)30-3;;/h5-6,11-13,17,26-27H,7-10,14-15H2,1-4H3;2*1H. The van der Waals surface area contributed by atoms with Crippen LogP contribution in [-0.2, 0) is 0 Å². The molecule has 1 aliphatic rings. The van der Waals surface area contributed by atoms with Crippen LogP contribution in [0.2, 0.25) is 0 Å². The summed E-state index contributed by atoms with van der Waals surface area (Å²) in [6, 6.07) is 8.68. The van der Waals surface area contributed by atoms with E-state index in [2.05, 4.69) is 0 Å². The van der Waals surface area contributed by atoms with Gasteiger partial charge in [0.1, 0.15) is 56.9 Å². The fraction of sp³-hybridized carbons (Fsp3) is 0.478. The van der Waals surface area contributed by atoms with E-state index in [0.717, 1.165) is 31.9 Å². The van der Waals surface area contributed by atoms with E-state index in [1.165, 1.54) is 9.80 Å². The van der Waals surface area contributed by atoms with Crippen molar-refractivity contribution in [1.29, 1.82) is 0 Å². The number of benzene rings is 2. The smallest absolute Gasteiger partial charge is 0.203 e. The van der Waals surface area contributed by atoms with E-state index in [4.69, 9.17) is 23.7 Å². The molecule has 0 spiro atoms. The van der Waals surface area contributed by atoms with Gasteiger partial charge in [0.05, 0.1) is 28.4 Å². The average molecular weight is 521 g/mol. The zero-order valence-corrected chi connectivity index (χ0v) is 21.4. The number of quaternary nitrogens is 2. The van der Waals surface area contributed by atoms with Crippen molar-refractivity contribution in [2.24, 2.45) is 0 Å². The average Bonchev–Trinajstić information content (AvgIpc) is 2.82. The van der Waals surface area contributed by atoms with Crippen LogP contribution in [0.5, 0.6) is 34.5 Å². The maximum absolute atomic E-state index is 10.5. The normalized spacial score (nSPS) is 18.0. The molecule has 1 fully saturated rings. The minimum absolute atomic E-state index is 0. The van der Waals surface area contributed by atoms with E-state index < -0.39 is 6.10 Å². The van der Waals surface area contributed by atoms with Gasteiger partial charge in [-0.1, -0.05) is 0 Å². The van der Waals surface area contributed by atoms with Gasteiger partial charge < -0.3 is 63.6 Å². The van der Waals surface area contributed by atoms with Crippen LogP contribution in [0.3, 0.4) is 0 Å². The summed E-state index contributed by atoms with van der Waals surface area (Å²) < 4.78 is 27.2. The zero-order chi connectivity index (χ0) is 23.1. The molecule has 1 heterocycles. The van der Waals surface area contributed by atoms with Crippen LogP contribution in [0.1, 0.15) is 0 Å². The van der Waals surface area contributed by atoms with Crippen LogP contribution in [0.4, 0.5) is 5.69 Å². The number of hydrogen-bond acceptors (Lipinski definition) is 7. The Labute approximate surface area is 212 Å². The molecule has 0 bridgehead atoms. The molecule has 0 aromatic heterocycles. The predicted octanol–water partition coefficient (Wildman–Crippen LogP) is -6.71. The second-order valence-electron chi connectivity index (χ2n) is 7.77. The number of halogens is 2. The van der Waals surface area contributed by atoms with Crippen molar-refractivity contribution in [3.8, 4) is 34.5 Å². The summed E-state index contributed by atoms with van der Waals surface area (Å²) in [6.07, 6.45) is -0.603. The van der Waals surface area contributed by atoms with Gasteiger partial charge in [0, 0.05) is 24.3 Å². The second-order valence-corrected chi connectivity index (χ2v) is 7.77. The number of nitrogens with one attached hydrogen (secondary N) is 2. The lowest BCUT2D eigenvalue weighted by Gasteiger charge is -2.31. The highest BCUT2D eigenvalue weighted by Crippen LogP contribution is 2.40. The molecule has 11 heteroatoms. The molecule has 0 aliphatic carbocycles. The molecule has 1 unspecified atom stereocenters. The van der Waals surface area contributed by atoms with Gasteiger partial charge in [-0.15, -0.1) is 0 Å². The van der Waals surface area contributed by atoms with E-state index in [0.29, 0.717) is 35.3 Å². The molecule has 0 saturated carbocycles. The van der Waals surface area contributed by atoms with Gasteiger partial charge >= 0.3 is 0 Å². The SMILES string of the molecule is COc1cc(O)ccc1[NH+]1CC[NH+](CC(O)COc2cc(OC)c(OC)c(OC)c2)CC1.[Cl-].[Cl-]. The quantitative estimate of drug-likeness (QED) is 0.231. The molecule has 9 nitrogen and oxygen atoms in total. The Morgan fingerprint density at radius 2 is 1.41 bits per heavy atom. The molecular formula is C23H34Cl2N2O7. The molecule has 1 aliphatic heterocycles. The fourth-order valence-corrected chi connectivity index (χ4v) is 4.08. The monoisotopic (exact) mass is 520 g/mol. The molecule has 3 rings (SSSR count). The third-order valence-corrected chi connectivity index (χ3v) is 5.73. The summed E-state index contributed by atoms with van der Waals surface area (Å²) in [7, 11) is 6.26. The van der Waals surface area contributed by atoms with E-state index in [1.807, 2.05) is 6.07 Å². The van der Waals surface area contributed by atoms with Gasteiger partial charge in [-0.3, -0.25) is 4.90 Å². The van der Waals surface area contributed by atoms with Crippen molar-refractivity contribution in [1.82, 2.24) is 0 Å². The van der Waals surface area contributed by atoms with Gasteiger partial charge in [0.25, 0.3) is 0 Å². The maximum Gasteiger partial charge on any atom is 0.203 e. The first-order valence-electron chi connectivity index (χ1n) is 10.7. The number of phenols is 1. The summed E-state index contributed by atoms with van der Waals surface area (Å²) in [6.45, 7) is 4.43. The largest absolute Gasteiger partial charge is 1.00 e. The van der Waals surface area contributed by atoms with Crippen LogP contribution >= 0.6 is 0 Å². The van der Waals surface area contributed by atoms with Crippen molar-refractivity contribution < 1.29 is 68.5 Å². The Morgan fingerprint density at radius 1 is 0.824 bits per heavy atom.